The molecule has 1 aliphatic rings. The molecule has 2 unspecified atom stereocenters. The van der Waals surface area contributed by atoms with Crippen LogP contribution >= 0.6 is 11.8 Å². The Hall–Kier alpha value is -1.00. The SMILES string of the molecule is NC(CCNC(=O)C1CCSC1)c1ccccc1. The van der Waals surface area contributed by atoms with Crippen LogP contribution in [0, 0.1) is 5.92 Å². The van der Waals surface area contributed by atoms with Crippen LogP contribution in [0.3, 0.4) is 0 Å². The van der Waals surface area contributed by atoms with Gasteiger partial charge in [0, 0.05) is 24.3 Å². The zero-order valence-electron chi connectivity index (χ0n) is 10.5. The molecule has 0 aliphatic carbocycles. The van der Waals surface area contributed by atoms with E-state index < -0.39 is 0 Å². The highest BCUT2D eigenvalue weighted by Gasteiger charge is 2.22. The molecule has 0 bridgehead atoms. The normalized spacial score (nSPS) is 20.6. The second-order valence-corrected chi connectivity index (χ2v) is 5.81. The van der Waals surface area contributed by atoms with E-state index >= 15 is 0 Å². The van der Waals surface area contributed by atoms with Gasteiger partial charge < -0.3 is 11.1 Å². The van der Waals surface area contributed by atoms with Crippen molar-refractivity contribution in [2.24, 2.45) is 11.7 Å². The van der Waals surface area contributed by atoms with Crippen LogP contribution in [-0.4, -0.2) is 24.0 Å². The minimum Gasteiger partial charge on any atom is -0.356 e. The summed E-state index contributed by atoms with van der Waals surface area (Å²) in [7, 11) is 0. The second-order valence-electron chi connectivity index (χ2n) is 4.66. The van der Waals surface area contributed by atoms with Crippen molar-refractivity contribution in [2.75, 3.05) is 18.1 Å². The van der Waals surface area contributed by atoms with Crippen LogP contribution in [0.2, 0.25) is 0 Å². The van der Waals surface area contributed by atoms with Gasteiger partial charge in [0.1, 0.15) is 0 Å². The minimum atomic E-state index is 0.00412. The molecule has 4 heteroatoms. The predicted octanol–water partition coefficient (Wildman–Crippen LogP) is 1.95. The highest BCUT2D eigenvalue weighted by Crippen LogP contribution is 2.23. The number of benzene rings is 1. The van der Waals surface area contributed by atoms with Crippen molar-refractivity contribution in [1.82, 2.24) is 5.32 Å². The first-order valence-electron chi connectivity index (χ1n) is 6.43. The summed E-state index contributed by atoms with van der Waals surface area (Å²) in [5.74, 6) is 2.49. The minimum absolute atomic E-state index is 0.00412. The highest BCUT2D eigenvalue weighted by molar-refractivity contribution is 7.99. The number of rotatable bonds is 5. The van der Waals surface area contributed by atoms with Gasteiger partial charge in [0.2, 0.25) is 5.91 Å². The van der Waals surface area contributed by atoms with Gasteiger partial charge in [0.15, 0.2) is 0 Å². The van der Waals surface area contributed by atoms with Crippen molar-refractivity contribution in [3.63, 3.8) is 0 Å². The Bertz CT molecular complexity index is 377. The lowest BCUT2D eigenvalue weighted by molar-refractivity contribution is -0.124. The number of carbonyl (C=O) groups excluding carboxylic acids is 1. The monoisotopic (exact) mass is 264 g/mol. The summed E-state index contributed by atoms with van der Waals surface area (Å²) >= 11 is 1.86. The molecule has 18 heavy (non-hydrogen) atoms. The zero-order chi connectivity index (χ0) is 12.8. The van der Waals surface area contributed by atoms with E-state index in [4.69, 9.17) is 5.73 Å². The molecule has 0 saturated carbocycles. The summed E-state index contributed by atoms with van der Waals surface area (Å²) in [6.45, 7) is 0.663. The molecule has 1 amide bonds. The standard InChI is InChI=1S/C14H20N2OS/c15-13(11-4-2-1-3-5-11)6-8-16-14(17)12-7-9-18-10-12/h1-5,12-13H,6-10,15H2,(H,16,17). The maximum Gasteiger partial charge on any atom is 0.223 e. The van der Waals surface area contributed by atoms with Crippen LogP contribution in [0.15, 0.2) is 30.3 Å². The first-order valence-corrected chi connectivity index (χ1v) is 7.59. The third kappa shape index (κ3) is 3.75. The fraction of sp³-hybridized carbons (Fsp3) is 0.500. The van der Waals surface area contributed by atoms with Crippen LogP contribution < -0.4 is 11.1 Å². The largest absolute Gasteiger partial charge is 0.356 e. The molecular formula is C14H20N2OS. The molecule has 1 aliphatic heterocycles. The van der Waals surface area contributed by atoms with Gasteiger partial charge in [0.05, 0.1) is 0 Å². The van der Waals surface area contributed by atoms with E-state index in [1.165, 1.54) is 0 Å². The number of amides is 1. The van der Waals surface area contributed by atoms with Crippen molar-refractivity contribution < 1.29 is 4.79 Å². The number of thioether (sulfide) groups is 1. The van der Waals surface area contributed by atoms with E-state index in [9.17, 15) is 4.79 Å². The third-order valence-electron chi connectivity index (χ3n) is 3.28. The van der Waals surface area contributed by atoms with Crippen molar-refractivity contribution in [3.05, 3.63) is 35.9 Å². The summed E-state index contributed by atoms with van der Waals surface area (Å²) in [6, 6.07) is 10.0. The van der Waals surface area contributed by atoms with Crippen LogP contribution in [0.4, 0.5) is 0 Å². The lowest BCUT2D eigenvalue weighted by Gasteiger charge is -2.14. The van der Waals surface area contributed by atoms with Gasteiger partial charge in [-0.2, -0.15) is 11.8 Å². The van der Waals surface area contributed by atoms with E-state index in [2.05, 4.69) is 5.32 Å². The highest BCUT2D eigenvalue weighted by atomic mass is 32.2. The van der Waals surface area contributed by atoms with Crippen LogP contribution in [0.25, 0.3) is 0 Å². The molecule has 1 fully saturated rings. The molecule has 3 nitrogen and oxygen atoms in total. The van der Waals surface area contributed by atoms with Crippen molar-refractivity contribution in [2.45, 2.75) is 18.9 Å². The number of carbonyl (C=O) groups is 1. The summed E-state index contributed by atoms with van der Waals surface area (Å²) in [4.78, 5) is 11.8. The van der Waals surface area contributed by atoms with Gasteiger partial charge in [-0.1, -0.05) is 30.3 Å². The number of nitrogens with two attached hydrogens (primary N) is 1. The molecule has 2 rings (SSSR count). The Kier molecular flexibility index (Phi) is 5.08. The van der Waals surface area contributed by atoms with Gasteiger partial charge in [0.25, 0.3) is 0 Å². The average Bonchev–Trinajstić information content (AvgIpc) is 2.93. The van der Waals surface area contributed by atoms with Crippen LogP contribution in [0.1, 0.15) is 24.4 Å². The van der Waals surface area contributed by atoms with E-state index in [0.29, 0.717) is 6.54 Å². The predicted molar refractivity (Wildman–Crippen MR) is 76.4 cm³/mol. The molecule has 98 valence electrons. The Morgan fingerprint density at radius 1 is 1.44 bits per heavy atom. The topological polar surface area (TPSA) is 55.1 Å². The Balaban J connectivity index is 1.70. The molecule has 3 N–H and O–H groups in total. The first-order chi connectivity index (χ1) is 8.77. The maximum absolute atomic E-state index is 11.8. The van der Waals surface area contributed by atoms with E-state index in [-0.39, 0.29) is 17.9 Å². The summed E-state index contributed by atoms with van der Waals surface area (Å²) in [5, 5.41) is 2.99. The lowest BCUT2D eigenvalue weighted by Crippen LogP contribution is -2.32. The Labute approximate surface area is 113 Å². The summed E-state index contributed by atoms with van der Waals surface area (Å²) in [5.41, 5.74) is 7.21. The van der Waals surface area contributed by atoms with Crippen molar-refractivity contribution in [1.29, 1.82) is 0 Å². The quantitative estimate of drug-likeness (QED) is 0.854. The molecule has 1 saturated heterocycles. The molecule has 1 heterocycles. The van der Waals surface area contributed by atoms with Crippen LogP contribution in [-0.2, 0) is 4.79 Å². The van der Waals surface area contributed by atoms with Gasteiger partial charge in [-0.3, -0.25) is 4.79 Å². The molecule has 0 spiro atoms. The molecule has 0 aromatic heterocycles. The summed E-state index contributed by atoms with van der Waals surface area (Å²) < 4.78 is 0. The zero-order valence-corrected chi connectivity index (χ0v) is 11.3. The van der Waals surface area contributed by atoms with E-state index in [1.54, 1.807) is 0 Å². The number of nitrogens with one attached hydrogen (secondary N) is 1. The Morgan fingerprint density at radius 3 is 2.89 bits per heavy atom. The van der Waals surface area contributed by atoms with Gasteiger partial charge >= 0.3 is 0 Å². The van der Waals surface area contributed by atoms with E-state index in [1.807, 2.05) is 42.1 Å². The maximum atomic E-state index is 11.8. The Morgan fingerprint density at radius 2 is 2.22 bits per heavy atom. The number of hydrogen-bond acceptors (Lipinski definition) is 3. The van der Waals surface area contributed by atoms with Crippen LogP contribution in [0.5, 0.6) is 0 Å². The van der Waals surface area contributed by atoms with Gasteiger partial charge in [-0.25, -0.2) is 0 Å². The molecule has 2 atom stereocenters. The number of hydrogen-bond donors (Lipinski definition) is 2. The lowest BCUT2D eigenvalue weighted by atomic mass is 10.0. The average molecular weight is 264 g/mol. The smallest absolute Gasteiger partial charge is 0.223 e. The molecular weight excluding hydrogens is 244 g/mol. The molecule has 0 radical (unpaired) electrons. The van der Waals surface area contributed by atoms with Crippen molar-refractivity contribution >= 4 is 17.7 Å². The van der Waals surface area contributed by atoms with E-state index in [0.717, 1.165) is 29.9 Å². The molecule has 1 aromatic carbocycles. The first kappa shape index (κ1) is 13.4. The van der Waals surface area contributed by atoms with Crippen molar-refractivity contribution in [3.8, 4) is 0 Å². The fourth-order valence-electron chi connectivity index (χ4n) is 2.10. The summed E-state index contributed by atoms with van der Waals surface area (Å²) in [6.07, 6.45) is 1.80. The fourth-order valence-corrected chi connectivity index (χ4v) is 3.32. The third-order valence-corrected chi connectivity index (χ3v) is 4.45. The molecule has 1 aromatic rings. The van der Waals surface area contributed by atoms with Gasteiger partial charge in [-0.15, -0.1) is 0 Å². The second kappa shape index (κ2) is 6.81. The van der Waals surface area contributed by atoms with Gasteiger partial charge in [-0.05, 0) is 24.2 Å².